The Kier molecular flexibility index (Phi) is 7.60. The molecule has 8 N–H and O–H groups in total. The van der Waals surface area contributed by atoms with E-state index in [0.717, 1.165) is 12.1 Å². The molecule has 216 valence electrons. The van der Waals surface area contributed by atoms with Gasteiger partial charge in [-0.05, 0) is 31.2 Å². The average Bonchev–Trinajstić information content (AvgIpc) is 3.21. The Hall–Kier alpha value is -3.47. The number of hydrogen-bond acceptors (Lipinski definition) is 14. The molecule has 5 rings (SSSR count). The van der Waals surface area contributed by atoms with Crippen LogP contribution in [0, 0.1) is 0 Å². The molecule has 9 atom stereocenters. The lowest BCUT2D eigenvalue weighted by molar-refractivity contribution is -0.316. The number of aromatic hydroxyl groups is 3. The van der Waals surface area contributed by atoms with Crippen LogP contribution in [0.5, 0.6) is 23.0 Å². The topological polar surface area (TPSA) is 229 Å². The van der Waals surface area contributed by atoms with Gasteiger partial charge in [-0.2, -0.15) is 0 Å². The third-order valence-electron chi connectivity index (χ3n) is 6.86. The summed E-state index contributed by atoms with van der Waals surface area (Å²) in [5, 5.41) is 80.7. The van der Waals surface area contributed by atoms with E-state index in [1.54, 1.807) is 0 Å². The maximum atomic E-state index is 13.6. The molecule has 3 aromatic rings. The summed E-state index contributed by atoms with van der Waals surface area (Å²) in [5.41, 5.74) is -0.847. The minimum absolute atomic E-state index is 0.0845. The number of benzene rings is 2. The van der Waals surface area contributed by atoms with Gasteiger partial charge in [0.05, 0.1) is 12.7 Å². The average molecular weight is 564 g/mol. The van der Waals surface area contributed by atoms with E-state index in [2.05, 4.69) is 0 Å². The van der Waals surface area contributed by atoms with Crippen LogP contribution in [-0.4, -0.2) is 103 Å². The zero-order chi connectivity index (χ0) is 28.9. The summed E-state index contributed by atoms with van der Waals surface area (Å²) in [6.45, 7) is 0.737. The van der Waals surface area contributed by atoms with E-state index in [9.17, 15) is 45.6 Å². The number of aliphatic hydroxyl groups is 5. The molecule has 14 nitrogen and oxygen atoms in total. The van der Waals surface area contributed by atoms with Crippen molar-refractivity contribution < 1.29 is 64.2 Å². The lowest BCUT2D eigenvalue weighted by atomic mass is 10.00. The van der Waals surface area contributed by atoms with Gasteiger partial charge in [0.15, 0.2) is 18.2 Å². The van der Waals surface area contributed by atoms with Gasteiger partial charge in [-0.3, -0.25) is 4.79 Å². The first-order valence-electron chi connectivity index (χ1n) is 12.3. The molecule has 0 aliphatic carbocycles. The van der Waals surface area contributed by atoms with Gasteiger partial charge < -0.3 is 64.2 Å². The third kappa shape index (κ3) is 4.95. The Morgan fingerprint density at radius 2 is 1.55 bits per heavy atom. The van der Waals surface area contributed by atoms with Crippen molar-refractivity contribution in [2.75, 3.05) is 6.61 Å². The highest BCUT2D eigenvalue weighted by Crippen LogP contribution is 2.38. The number of phenolic OH excluding ortho intramolecular Hbond substituents is 3. The van der Waals surface area contributed by atoms with E-state index in [1.165, 1.54) is 31.2 Å². The van der Waals surface area contributed by atoms with Gasteiger partial charge in [0, 0.05) is 17.7 Å². The molecule has 0 radical (unpaired) electrons. The number of ether oxygens (including phenoxy) is 4. The second-order valence-corrected chi connectivity index (χ2v) is 9.59. The van der Waals surface area contributed by atoms with Crippen molar-refractivity contribution in [2.45, 2.75) is 62.2 Å². The molecule has 2 aliphatic rings. The molecule has 1 aromatic heterocycles. The molecule has 0 bridgehead atoms. The lowest BCUT2D eigenvalue weighted by Crippen LogP contribution is -2.59. The summed E-state index contributed by atoms with van der Waals surface area (Å²) < 4.78 is 28.5. The molecule has 2 fully saturated rings. The Bertz CT molecular complexity index is 1420. The van der Waals surface area contributed by atoms with Crippen molar-refractivity contribution in [1.82, 2.24) is 0 Å². The summed E-state index contributed by atoms with van der Waals surface area (Å²) in [6, 6.07) is 7.48. The largest absolute Gasteiger partial charge is 0.508 e. The molecule has 0 saturated carbocycles. The Balaban J connectivity index is 1.57. The van der Waals surface area contributed by atoms with E-state index < -0.39 is 78.8 Å². The smallest absolute Gasteiger partial charge is 0.239 e. The molecule has 2 saturated heterocycles. The Labute approximate surface area is 225 Å². The van der Waals surface area contributed by atoms with E-state index in [1.807, 2.05) is 0 Å². The van der Waals surface area contributed by atoms with Crippen LogP contribution in [0.25, 0.3) is 22.3 Å². The van der Waals surface area contributed by atoms with Crippen molar-refractivity contribution in [3.8, 4) is 34.3 Å². The van der Waals surface area contributed by atoms with Crippen LogP contribution in [0.3, 0.4) is 0 Å². The van der Waals surface area contributed by atoms with Gasteiger partial charge in [-0.25, -0.2) is 0 Å². The van der Waals surface area contributed by atoms with Crippen LogP contribution >= 0.6 is 0 Å². The predicted octanol–water partition coefficient (Wildman–Crippen LogP) is -0.754. The van der Waals surface area contributed by atoms with Crippen LogP contribution in [0.15, 0.2) is 45.6 Å². The summed E-state index contributed by atoms with van der Waals surface area (Å²) >= 11 is 0. The summed E-state index contributed by atoms with van der Waals surface area (Å²) in [4.78, 5) is 13.6. The highest BCUT2D eigenvalue weighted by molar-refractivity contribution is 5.88. The van der Waals surface area contributed by atoms with Crippen LogP contribution < -0.4 is 10.2 Å². The molecule has 2 aliphatic heterocycles. The predicted molar refractivity (Wildman–Crippen MR) is 133 cm³/mol. The summed E-state index contributed by atoms with van der Waals surface area (Å²) in [6.07, 6.45) is -13.3. The molecule has 2 aromatic carbocycles. The first-order chi connectivity index (χ1) is 19.0. The Morgan fingerprint density at radius 3 is 2.23 bits per heavy atom. The molecular weight excluding hydrogens is 536 g/mol. The SMILES string of the molecule is CC1O[C@@H](O[C@H]2C(O)[C@H](CO)O[C@H]2Oc2c(-c3ccc(O)cc3)oc3cc(O)cc(O)c3c2=O)[C@@H](O)C(O)[C@H]1O. The number of phenols is 3. The molecule has 0 spiro atoms. The number of rotatable bonds is 6. The molecule has 40 heavy (non-hydrogen) atoms. The van der Waals surface area contributed by atoms with Crippen LogP contribution in [0.2, 0.25) is 0 Å². The molecule has 3 heterocycles. The van der Waals surface area contributed by atoms with E-state index >= 15 is 0 Å². The molecule has 3 unspecified atom stereocenters. The number of fused-ring (bicyclic) bond motifs is 1. The summed E-state index contributed by atoms with van der Waals surface area (Å²) in [7, 11) is 0. The highest BCUT2D eigenvalue weighted by atomic mass is 16.8. The van der Waals surface area contributed by atoms with Crippen LogP contribution in [-0.2, 0) is 14.2 Å². The minimum Gasteiger partial charge on any atom is -0.508 e. The minimum atomic E-state index is -1.74. The maximum Gasteiger partial charge on any atom is 0.239 e. The Morgan fingerprint density at radius 1 is 0.850 bits per heavy atom. The van der Waals surface area contributed by atoms with Crippen LogP contribution in [0.4, 0.5) is 0 Å². The van der Waals surface area contributed by atoms with Crippen molar-refractivity contribution >= 4 is 11.0 Å². The second kappa shape index (κ2) is 10.8. The van der Waals surface area contributed by atoms with Crippen molar-refractivity contribution in [3.63, 3.8) is 0 Å². The fraction of sp³-hybridized carbons (Fsp3) is 0.423. The van der Waals surface area contributed by atoms with Crippen molar-refractivity contribution in [1.29, 1.82) is 0 Å². The molecule has 14 heteroatoms. The monoisotopic (exact) mass is 564 g/mol. The van der Waals surface area contributed by atoms with Crippen molar-refractivity contribution in [2.24, 2.45) is 0 Å². The molecular formula is C26H28O14. The van der Waals surface area contributed by atoms with Gasteiger partial charge in [-0.1, -0.05) is 0 Å². The van der Waals surface area contributed by atoms with Crippen molar-refractivity contribution in [3.05, 3.63) is 46.6 Å². The fourth-order valence-corrected chi connectivity index (χ4v) is 4.67. The van der Waals surface area contributed by atoms with Gasteiger partial charge >= 0.3 is 0 Å². The van der Waals surface area contributed by atoms with Crippen LogP contribution in [0.1, 0.15) is 6.92 Å². The normalized spacial score (nSPS) is 32.4. The first kappa shape index (κ1) is 28.1. The number of hydrogen-bond donors (Lipinski definition) is 8. The molecule has 0 amide bonds. The third-order valence-corrected chi connectivity index (χ3v) is 6.86. The van der Waals surface area contributed by atoms with E-state index in [4.69, 9.17) is 23.4 Å². The number of aliphatic hydroxyl groups excluding tert-OH is 5. The zero-order valence-electron chi connectivity index (χ0n) is 20.9. The first-order valence-corrected chi connectivity index (χ1v) is 12.3. The van der Waals surface area contributed by atoms with Gasteiger partial charge in [-0.15, -0.1) is 0 Å². The summed E-state index contributed by atoms with van der Waals surface area (Å²) in [5.74, 6) is -1.80. The zero-order valence-corrected chi connectivity index (χ0v) is 20.9. The van der Waals surface area contributed by atoms with Gasteiger partial charge in [0.25, 0.3) is 0 Å². The fourth-order valence-electron chi connectivity index (χ4n) is 4.67. The quantitative estimate of drug-likeness (QED) is 0.184. The maximum absolute atomic E-state index is 13.6. The van der Waals surface area contributed by atoms with E-state index in [0.29, 0.717) is 0 Å². The standard InChI is InChI=1S/C26H28O14/c1-9-17(31)20(34)21(35)25(36-9)40-24-18(32)15(8-27)38-26(24)39-23-19(33)16-13(30)6-12(29)7-14(16)37-22(23)10-2-4-11(28)5-3-10/h2-7,9,15,17-18,20-21,24-32,34-35H,8H2,1H3/t9?,15-,17-,18?,20?,21-,24-,25-,26-/m0/s1. The lowest BCUT2D eigenvalue weighted by Gasteiger charge is -2.40. The van der Waals surface area contributed by atoms with Gasteiger partial charge in [0.2, 0.25) is 17.5 Å². The van der Waals surface area contributed by atoms with E-state index in [-0.39, 0.29) is 33.8 Å². The second-order valence-electron chi connectivity index (χ2n) is 9.59. The van der Waals surface area contributed by atoms with Gasteiger partial charge in [0.1, 0.15) is 58.7 Å². The highest BCUT2D eigenvalue weighted by Gasteiger charge is 2.51.